The summed E-state index contributed by atoms with van der Waals surface area (Å²) in [6.45, 7) is 3.91. The first-order valence-corrected chi connectivity index (χ1v) is 4.41. The Kier molecular flexibility index (Phi) is 5.66. The van der Waals surface area contributed by atoms with Crippen molar-refractivity contribution in [3.05, 3.63) is 0 Å². The van der Waals surface area contributed by atoms with Gasteiger partial charge in [0, 0.05) is 13.5 Å². The third-order valence-electron chi connectivity index (χ3n) is 1.86. The Balaban J connectivity index is 4.02. The molecule has 0 aromatic heterocycles. The summed E-state index contributed by atoms with van der Waals surface area (Å²) >= 11 is 0. The van der Waals surface area contributed by atoms with E-state index in [0.29, 0.717) is 12.3 Å². The topological polar surface area (TPSA) is 66.8 Å². The first kappa shape index (κ1) is 12.4. The number of methoxy groups -OCH3 is 1. The number of ether oxygens (including phenoxy) is 1. The first-order chi connectivity index (χ1) is 5.97. The normalized spacial score (nSPS) is 15.8. The minimum atomic E-state index is -0.972. The standard InChI is InChI=1S/C9H18O4/c1-6(2)4-7(9(11)12)5-8(10)13-3/h6-8,10H,4-5H2,1-3H3,(H,11,12)/t7-,8-/m1/s1. The number of carboxylic acid groups (broad SMARTS) is 1. The van der Waals surface area contributed by atoms with E-state index in [9.17, 15) is 4.79 Å². The molecule has 0 aromatic rings. The van der Waals surface area contributed by atoms with Crippen LogP contribution >= 0.6 is 0 Å². The van der Waals surface area contributed by atoms with Gasteiger partial charge in [0.25, 0.3) is 0 Å². The van der Waals surface area contributed by atoms with E-state index in [2.05, 4.69) is 4.74 Å². The van der Waals surface area contributed by atoms with Crippen LogP contribution in [0.2, 0.25) is 0 Å². The van der Waals surface area contributed by atoms with E-state index in [-0.39, 0.29) is 6.42 Å². The van der Waals surface area contributed by atoms with Crippen LogP contribution in [0.3, 0.4) is 0 Å². The molecule has 0 aliphatic carbocycles. The Morgan fingerprint density at radius 3 is 2.23 bits per heavy atom. The van der Waals surface area contributed by atoms with Gasteiger partial charge in [-0.1, -0.05) is 13.8 Å². The predicted octanol–water partition coefficient (Wildman–Crippen LogP) is 1.09. The molecule has 0 radical (unpaired) electrons. The van der Waals surface area contributed by atoms with Crippen LogP contribution in [0.5, 0.6) is 0 Å². The molecule has 4 nitrogen and oxygen atoms in total. The minimum Gasteiger partial charge on any atom is -0.481 e. The zero-order chi connectivity index (χ0) is 10.4. The highest BCUT2D eigenvalue weighted by Crippen LogP contribution is 2.17. The number of hydrogen-bond acceptors (Lipinski definition) is 3. The Morgan fingerprint density at radius 1 is 1.38 bits per heavy atom. The molecule has 0 rings (SSSR count). The van der Waals surface area contributed by atoms with Crippen LogP contribution in [-0.2, 0) is 9.53 Å². The molecule has 78 valence electrons. The fourth-order valence-corrected chi connectivity index (χ4v) is 1.21. The van der Waals surface area contributed by atoms with E-state index >= 15 is 0 Å². The van der Waals surface area contributed by atoms with Gasteiger partial charge in [-0.25, -0.2) is 0 Å². The number of carbonyl (C=O) groups is 1. The quantitative estimate of drug-likeness (QED) is 0.615. The summed E-state index contributed by atoms with van der Waals surface area (Å²) < 4.78 is 4.60. The van der Waals surface area contributed by atoms with Crippen molar-refractivity contribution < 1.29 is 19.7 Å². The van der Waals surface area contributed by atoms with Gasteiger partial charge in [0.2, 0.25) is 0 Å². The molecule has 0 heterocycles. The first-order valence-electron chi connectivity index (χ1n) is 4.41. The van der Waals surface area contributed by atoms with Crippen molar-refractivity contribution in [2.45, 2.75) is 33.0 Å². The van der Waals surface area contributed by atoms with Gasteiger partial charge >= 0.3 is 5.97 Å². The van der Waals surface area contributed by atoms with E-state index in [0.717, 1.165) is 0 Å². The molecule has 0 saturated carbocycles. The average molecular weight is 190 g/mol. The monoisotopic (exact) mass is 190 g/mol. The largest absolute Gasteiger partial charge is 0.481 e. The van der Waals surface area contributed by atoms with E-state index in [4.69, 9.17) is 10.2 Å². The van der Waals surface area contributed by atoms with Crippen LogP contribution in [0.25, 0.3) is 0 Å². The molecule has 2 atom stereocenters. The van der Waals surface area contributed by atoms with E-state index in [1.165, 1.54) is 7.11 Å². The van der Waals surface area contributed by atoms with Crippen molar-refractivity contribution >= 4 is 5.97 Å². The zero-order valence-corrected chi connectivity index (χ0v) is 8.36. The van der Waals surface area contributed by atoms with Crippen molar-refractivity contribution in [2.75, 3.05) is 7.11 Å². The van der Waals surface area contributed by atoms with E-state index < -0.39 is 18.2 Å². The van der Waals surface area contributed by atoms with Gasteiger partial charge < -0.3 is 14.9 Å². The highest BCUT2D eigenvalue weighted by molar-refractivity contribution is 5.69. The summed E-state index contributed by atoms with van der Waals surface area (Å²) in [4.78, 5) is 10.7. The molecule has 13 heavy (non-hydrogen) atoms. The lowest BCUT2D eigenvalue weighted by Crippen LogP contribution is -2.23. The second-order valence-corrected chi connectivity index (χ2v) is 3.59. The van der Waals surface area contributed by atoms with Crippen LogP contribution in [0.1, 0.15) is 26.7 Å². The van der Waals surface area contributed by atoms with Crippen LogP contribution in [0.4, 0.5) is 0 Å². The maximum absolute atomic E-state index is 10.7. The third kappa shape index (κ3) is 5.60. The lowest BCUT2D eigenvalue weighted by Gasteiger charge is -2.17. The summed E-state index contributed by atoms with van der Waals surface area (Å²) in [5.41, 5.74) is 0. The SMILES string of the molecule is CO[C@@H](O)C[C@@H](CC(C)C)C(=O)O. The second-order valence-electron chi connectivity index (χ2n) is 3.59. The summed E-state index contributed by atoms with van der Waals surface area (Å²) in [6.07, 6.45) is -0.250. The fourth-order valence-electron chi connectivity index (χ4n) is 1.21. The maximum Gasteiger partial charge on any atom is 0.306 e. The number of aliphatic hydroxyl groups excluding tert-OH is 1. The van der Waals surface area contributed by atoms with Gasteiger partial charge in [0.15, 0.2) is 6.29 Å². The summed E-state index contributed by atoms with van der Waals surface area (Å²) in [6, 6.07) is 0. The Hall–Kier alpha value is -0.610. The molecule has 0 spiro atoms. The molecule has 2 N–H and O–H groups in total. The van der Waals surface area contributed by atoms with Gasteiger partial charge in [0.1, 0.15) is 0 Å². The molecular formula is C9H18O4. The molecule has 4 heteroatoms. The van der Waals surface area contributed by atoms with Gasteiger partial charge in [-0.2, -0.15) is 0 Å². The van der Waals surface area contributed by atoms with Crippen molar-refractivity contribution in [2.24, 2.45) is 11.8 Å². The predicted molar refractivity (Wildman–Crippen MR) is 48.2 cm³/mol. The smallest absolute Gasteiger partial charge is 0.306 e. The highest BCUT2D eigenvalue weighted by atomic mass is 16.6. The van der Waals surface area contributed by atoms with Crippen LogP contribution < -0.4 is 0 Å². The molecular weight excluding hydrogens is 172 g/mol. The van der Waals surface area contributed by atoms with Crippen molar-refractivity contribution in [1.29, 1.82) is 0 Å². The van der Waals surface area contributed by atoms with Crippen LogP contribution in [0, 0.1) is 11.8 Å². The molecule has 0 unspecified atom stereocenters. The molecule has 0 aliphatic rings. The van der Waals surface area contributed by atoms with Crippen LogP contribution in [0.15, 0.2) is 0 Å². The van der Waals surface area contributed by atoms with Gasteiger partial charge in [-0.05, 0) is 12.3 Å². The van der Waals surface area contributed by atoms with E-state index in [1.54, 1.807) is 0 Å². The molecule has 0 saturated heterocycles. The number of hydrogen-bond donors (Lipinski definition) is 2. The molecule has 0 fully saturated rings. The Morgan fingerprint density at radius 2 is 1.92 bits per heavy atom. The highest BCUT2D eigenvalue weighted by Gasteiger charge is 2.22. The third-order valence-corrected chi connectivity index (χ3v) is 1.86. The Bertz CT molecular complexity index is 156. The lowest BCUT2D eigenvalue weighted by atomic mass is 9.94. The molecule has 0 aliphatic heterocycles. The van der Waals surface area contributed by atoms with Gasteiger partial charge in [-0.15, -0.1) is 0 Å². The fraction of sp³-hybridized carbons (Fsp3) is 0.889. The van der Waals surface area contributed by atoms with Crippen LogP contribution in [-0.4, -0.2) is 29.6 Å². The van der Waals surface area contributed by atoms with E-state index in [1.807, 2.05) is 13.8 Å². The van der Waals surface area contributed by atoms with Gasteiger partial charge in [0.05, 0.1) is 5.92 Å². The number of aliphatic hydroxyl groups is 1. The Labute approximate surface area is 78.5 Å². The molecule has 0 amide bonds. The minimum absolute atomic E-state index is 0.157. The average Bonchev–Trinajstić information content (AvgIpc) is 2.02. The number of carboxylic acids is 1. The second kappa shape index (κ2) is 5.94. The van der Waals surface area contributed by atoms with Gasteiger partial charge in [-0.3, -0.25) is 4.79 Å². The summed E-state index contributed by atoms with van der Waals surface area (Å²) in [5.74, 6) is -1.08. The van der Waals surface area contributed by atoms with Crippen molar-refractivity contribution in [3.63, 3.8) is 0 Å². The molecule has 0 aromatic carbocycles. The zero-order valence-electron chi connectivity index (χ0n) is 8.36. The summed E-state index contributed by atoms with van der Waals surface area (Å²) in [7, 11) is 1.36. The van der Waals surface area contributed by atoms with Crippen molar-refractivity contribution in [3.8, 4) is 0 Å². The lowest BCUT2D eigenvalue weighted by molar-refractivity contribution is -0.148. The number of aliphatic carboxylic acids is 1. The maximum atomic E-state index is 10.7. The summed E-state index contributed by atoms with van der Waals surface area (Å²) in [5, 5.41) is 17.9. The molecule has 0 bridgehead atoms. The number of rotatable bonds is 6. The van der Waals surface area contributed by atoms with Crippen molar-refractivity contribution in [1.82, 2.24) is 0 Å².